The first kappa shape index (κ1) is 51.3. The second kappa shape index (κ2) is 25.3. The molecule has 0 aliphatic carbocycles. The normalized spacial score (nSPS) is 20.4. The number of benzene rings is 2. The van der Waals surface area contributed by atoms with E-state index in [0.717, 1.165) is 16.5 Å². The summed E-state index contributed by atoms with van der Waals surface area (Å²) < 4.78 is 29.5. The largest absolute Gasteiger partial charge is 0.489 e. The number of hydrogen-bond acceptors (Lipinski definition) is 17. The van der Waals surface area contributed by atoms with Crippen LogP contribution in [0.3, 0.4) is 0 Å². The number of rotatable bonds is 21. The van der Waals surface area contributed by atoms with Gasteiger partial charge >= 0.3 is 18.1 Å². The molecule has 2 aliphatic heterocycles. The van der Waals surface area contributed by atoms with Crippen LogP contribution < -0.4 is 36.6 Å². The number of morpholine rings is 1. The number of hydrogen-bond donors (Lipinski definition) is 9. The van der Waals surface area contributed by atoms with Gasteiger partial charge in [-0.2, -0.15) is 0 Å². The number of nitrogens with zero attached hydrogens (tertiary/aromatic N) is 3. The molecule has 2 saturated heterocycles. The highest BCUT2D eigenvalue weighted by molar-refractivity contribution is 9.10. The number of ether oxygens (including phenoxy) is 5. The molecule has 3 aromatic rings. The van der Waals surface area contributed by atoms with Crippen molar-refractivity contribution in [2.75, 3.05) is 50.1 Å². The van der Waals surface area contributed by atoms with Crippen LogP contribution in [0.5, 0.6) is 11.5 Å². The summed E-state index contributed by atoms with van der Waals surface area (Å²) in [7, 11) is 0. The molecule has 2 aromatic carbocycles. The van der Waals surface area contributed by atoms with Gasteiger partial charge in [-0.1, -0.05) is 28.4 Å². The molecule has 0 spiro atoms. The van der Waals surface area contributed by atoms with Gasteiger partial charge in [0, 0.05) is 42.5 Å². The van der Waals surface area contributed by atoms with Gasteiger partial charge in [0.2, 0.25) is 18.1 Å². The lowest BCUT2D eigenvalue weighted by atomic mass is 9.99. The topological polar surface area (TPSA) is 325 Å². The Kier molecular flexibility index (Phi) is 19.6. The zero-order chi connectivity index (χ0) is 47.8. The molecule has 5 rings (SSSR count). The predicted molar refractivity (Wildman–Crippen MR) is 235 cm³/mol. The molecule has 10 N–H and O–H groups in total. The lowest BCUT2D eigenvalue weighted by Crippen LogP contribution is -2.61. The fourth-order valence-electron chi connectivity index (χ4n) is 6.59. The standard InChI is InChI=1S/C42H55BrN8O15/c1-23-14-31(29(16-28(23)43)49-41(59)50-32-19-46-24(2)17-47-32)62-22-27-20-51(11-13-61-27)42(60)63-21-25-7-8-30(65-40-37(56)35(54)36(55)38(66-40)39(57)58)26(15-25)18-48-34(53)9-10-45-33(52)6-4-3-5-12-64-44/h7-8,14-17,19,27,35-38,40,54-56H,3-6,9-13,18,20-22,44H2,1-2H3,(H,45,52)(H,48,53)(H,57,58)(H2,47,49,50,59)/t27-,35-,36-,37+,38-,40+/m0/s1. The quantitative estimate of drug-likeness (QED) is 0.0542. The summed E-state index contributed by atoms with van der Waals surface area (Å²) in [5, 5.41) is 51.3. The molecule has 66 heavy (non-hydrogen) atoms. The lowest BCUT2D eigenvalue weighted by molar-refractivity contribution is -0.271. The summed E-state index contributed by atoms with van der Waals surface area (Å²) in [6.45, 7) is 4.21. The average molecular weight is 992 g/mol. The molecule has 24 heteroatoms. The number of carbonyl (C=O) groups excluding carboxylic acids is 4. The van der Waals surface area contributed by atoms with Gasteiger partial charge in [0.05, 0.1) is 43.5 Å². The average Bonchev–Trinajstić information content (AvgIpc) is 3.29. The molecule has 2 fully saturated rings. The number of aliphatic hydroxyl groups excluding tert-OH is 3. The van der Waals surface area contributed by atoms with Gasteiger partial charge in [-0.3, -0.25) is 19.9 Å². The number of nitrogens with two attached hydrogens (primary N) is 1. The van der Waals surface area contributed by atoms with Crippen LogP contribution in [0, 0.1) is 13.8 Å². The van der Waals surface area contributed by atoms with Gasteiger partial charge in [0.1, 0.15) is 49.1 Å². The molecule has 0 bridgehead atoms. The third-order valence-electron chi connectivity index (χ3n) is 10.2. The summed E-state index contributed by atoms with van der Waals surface area (Å²) in [4.78, 5) is 77.1. The highest BCUT2D eigenvalue weighted by atomic mass is 79.9. The van der Waals surface area contributed by atoms with Gasteiger partial charge < -0.3 is 69.8 Å². The Balaban J connectivity index is 1.18. The zero-order valence-electron chi connectivity index (χ0n) is 36.3. The van der Waals surface area contributed by atoms with Crippen LogP contribution in [-0.2, 0) is 46.6 Å². The zero-order valence-corrected chi connectivity index (χ0v) is 37.9. The molecule has 0 unspecified atom stereocenters. The van der Waals surface area contributed by atoms with Crippen molar-refractivity contribution in [3.63, 3.8) is 0 Å². The summed E-state index contributed by atoms with van der Waals surface area (Å²) in [5.74, 6) is 3.36. The van der Waals surface area contributed by atoms with Crippen LogP contribution in [0.1, 0.15) is 54.5 Å². The number of amides is 5. The summed E-state index contributed by atoms with van der Waals surface area (Å²) in [6, 6.07) is 7.36. The van der Waals surface area contributed by atoms with E-state index in [4.69, 9.17) is 29.6 Å². The van der Waals surface area contributed by atoms with Crippen molar-refractivity contribution in [2.45, 2.75) is 95.9 Å². The maximum Gasteiger partial charge on any atom is 0.410 e. The third-order valence-corrected chi connectivity index (χ3v) is 11.1. The molecule has 360 valence electrons. The molecule has 23 nitrogen and oxygen atoms in total. The molecule has 6 atom stereocenters. The number of aryl methyl sites for hydroxylation is 2. The van der Waals surface area contributed by atoms with Crippen LogP contribution in [0.2, 0.25) is 0 Å². The molecule has 5 amide bonds. The second-order valence-electron chi connectivity index (χ2n) is 15.4. The van der Waals surface area contributed by atoms with E-state index in [1.807, 2.05) is 6.92 Å². The Morgan fingerprint density at radius 2 is 1.71 bits per heavy atom. The van der Waals surface area contributed by atoms with Crippen LogP contribution in [0.15, 0.2) is 47.2 Å². The number of carboxylic acids is 1. The number of unbranched alkanes of at least 4 members (excludes halogenated alkanes) is 2. The maximum atomic E-state index is 13.4. The number of halogens is 1. The van der Waals surface area contributed by atoms with Crippen LogP contribution in [0.4, 0.5) is 21.1 Å². The van der Waals surface area contributed by atoms with Crippen molar-refractivity contribution in [1.29, 1.82) is 0 Å². The van der Waals surface area contributed by atoms with Crippen LogP contribution in [-0.4, -0.2) is 141 Å². The fourth-order valence-corrected chi connectivity index (χ4v) is 6.93. The summed E-state index contributed by atoms with van der Waals surface area (Å²) in [6.07, 6.45) is -5.36. The van der Waals surface area contributed by atoms with Gasteiger partial charge in [-0.25, -0.2) is 25.3 Å². The lowest BCUT2D eigenvalue weighted by Gasteiger charge is -2.38. The monoisotopic (exact) mass is 990 g/mol. The minimum absolute atomic E-state index is 0.00652. The van der Waals surface area contributed by atoms with Crippen molar-refractivity contribution in [2.24, 2.45) is 5.90 Å². The minimum Gasteiger partial charge on any atom is -0.489 e. The minimum atomic E-state index is -1.94. The van der Waals surface area contributed by atoms with E-state index >= 15 is 0 Å². The van der Waals surface area contributed by atoms with Crippen LogP contribution >= 0.6 is 15.9 Å². The van der Waals surface area contributed by atoms with Gasteiger partial charge in [0.15, 0.2) is 11.9 Å². The number of carboxylic acid groups (broad SMARTS) is 1. The summed E-state index contributed by atoms with van der Waals surface area (Å²) in [5.41, 5.74) is 2.62. The Morgan fingerprint density at radius 1 is 0.924 bits per heavy atom. The molecular weight excluding hydrogens is 936 g/mol. The SMILES string of the molecule is Cc1cnc(NC(=O)Nc2cc(Br)c(C)cc2OC[C@@H]2CN(C(=O)OCc3ccc(O[C@@H]4O[C@H](C(=O)O)[C@@H](O)[C@H](O)[C@H]4O)c(CNC(=O)CCNC(=O)CCCCCON)c3)CCO2)cn1. The molecule has 0 radical (unpaired) electrons. The Hall–Kier alpha value is -5.73. The summed E-state index contributed by atoms with van der Waals surface area (Å²) >= 11 is 3.48. The number of aliphatic hydroxyl groups is 3. The molecular formula is C42H55BrN8O15. The van der Waals surface area contributed by atoms with E-state index in [-0.39, 0.29) is 81.9 Å². The van der Waals surface area contributed by atoms with Crippen molar-refractivity contribution < 1.29 is 72.9 Å². The second-order valence-corrected chi connectivity index (χ2v) is 16.2. The van der Waals surface area contributed by atoms with Crippen molar-refractivity contribution in [3.05, 3.63) is 69.6 Å². The highest BCUT2D eigenvalue weighted by Gasteiger charge is 2.48. The third kappa shape index (κ3) is 15.4. The van der Waals surface area contributed by atoms with Crippen LogP contribution in [0.25, 0.3) is 0 Å². The molecule has 3 heterocycles. The van der Waals surface area contributed by atoms with E-state index in [1.165, 1.54) is 29.4 Å². The fraction of sp³-hybridized carbons (Fsp3) is 0.500. The number of aromatic nitrogens is 2. The number of carbonyl (C=O) groups is 5. The van der Waals surface area contributed by atoms with Crippen molar-refractivity contribution in [1.82, 2.24) is 25.5 Å². The molecule has 0 saturated carbocycles. The Morgan fingerprint density at radius 3 is 2.45 bits per heavy atom. The van der Waals surface area contributed by atoms with Gasteiger partial charge in [0.25, 0.3) is 0 Å². The first-order chi connectivity index (χ1) is 31.6. The molecule has 2 aliphatic rings. The maximum absolute atomic E-state index is 13.4. The first-order valence-corrected chi connectivity index (χ1v) is 21.8. The first-order valence-electron chi connectivity index (χ1n) is 21.0. The van der Waals surface area contributed by atoms with Crippen molar-refractivity contribution in [3.8, 4) is 11.5 Å². The van der Waals surface area contributed by atoms with E-state index < -0.39 is 60.8 Å². The number of anilines is 2. The molecule has 1 aromatic heterocycles. The van der Waals surface area contributed by atoms with E-state index in [1.54, 1.807) is 25.1 Å². The predicted octanol–water partition coefficient (Wildman–Crippen LogP) is 1.76. The van der Waals surface area contributed by atoms with Crippen molar-refractivity contribution >= 4 is 57.3 Å². The Labute approximate surface area is 387 Å². The van der Waals surface area contributed by atoms with E-state index in [2.05, 4.69) is 52.0 Å². The smallest absolute Gasteiger partial charge is 0.410 e. The number of nitrogens with one attached hydrogen (secondary N) is 4. The van der Waals surface area contributed by atoms with E-state index in [9.17, 15) is 44.4 Å². The number of urea groups is 1. The highest BCUT2D eigenvalue weighted by Crippen LogP contribution is 2.32. The van der Waals surface area contributed by atoms with E-state index in [0.29, 0.717) is 42.1 Å². The van der Waals surface area contributed by atoms with Gasteiger partial charge in [-0.15, -0.1) is 0 Å². The van der Waals surface area contributed by atoms with Gasteiger partial charge in [-0.05, 0) is 62.1 Å². The number of aliphatic carboxylic acids is 1. The Bertz CT molecular complexity index is 2140.